The van der Waals surface area contributed by atoms with Crippen LogP contribution in [0.5, 0.6) is 0 Å². The molecule has 120 valence electrons. The minimum absolute atomic E-state index is 0.00768. The molecule has 1 fully saturated rings. The van der Waals surface area contributed by atoms with E-state index in [1.54, 1.807) is 0 Å². The molecular weight excluding hydrogens is 276 g/mol. The molecule has 4 nitrogen and oxygen atoms in total. The summed E-state index contributed by atoms with van der Waals surface area (Å²) in [6.45, 7) is 7.95. The largest absolute Gasteiger partial charge is 0.356 e. The normalized spacial score (nSPS) is 18.4. The number of benzene rings is 1. The summed E-state index contributed by atoms with van der Waals surface area (Å²) in [6.07, 6.45) is 2.07. The van der Waals surface area contributed by atoms with Crippen molar-refractivity contribution >= 4 is 11.8 Å². The van der Waals surface area contributed by atoms with Gasteiger partial charge in [-0.3, -0.25) is 9.59 Å². The summed E-state index contributed by atoms with van der Waals surface area (Å²) in [7, 11) is 0. The number of nitrogens with one attached hydrogen (secondary N) is 1. The van der Waals surface area contributed by atoms with Gasteiger partial charge in [-0.25, -0.2) is 0 Å². The molecule has 1 aliphatic rings. The fourth-order valence-corrected chi connectivity index (χ4v) is 2.85. The molecule has 0 unspecified atom stereocenters. The van der Waals surface area contributed by atoms with Crippen molar-refractivity contribution in [3.05, 3.63) is 35.4 Å². The number of carbonyl (C=O) groups excluding carboxylic acids is 2. The van der Waals surface area contributed by atoms with E-state index in [2.05, 4.69) is 5.32 Å². The number of piperidine rings is 1. The van der Waals surface area contributed by atoms with Crippen molar-refractivity contribution in [2.75, 3.05) is 19.6 Å². The predicted octanol–water partition coefficient (Wildman–Crippen LogP) is 2.62. The van der Waals surface area contributed by atoms with Gasteiger partial charge >= 0.3 is 0 Å². The molecule has 0 saturated carbocycles. The molecule has 1 N–H and O–H groups in total. The summed E-state index contributed by atoms with van der Waals surface area (Å²) < 4.78 is 0. The average molecular weight is 302 g/mol. The quantitative estimate of drug-likeness (QED) is 0.929. The molecule has 1 saturated heterocycles. The van der Waals surface area contributed by atoms with Crippen LogP contribution >= 0.6 is 0 Å². The number of hydrogen-bond donors (Lipinski definition) is 1. The highest BCUT2D eigenvalue weighted by Crippen LogP contribution is 2.19. The van der Waals surface area contributed by atoms with Crippen molar-refractivity contribution in [3.63, 3.8) is 0 Å². The molecular formula is C18H26N2O2. The van der Waals surface area contributed by atoms with Crippen molar-refractivity contribution < 1.29 is 9.59 Å². The molecule has 2 rings (SSSR count). The Hall–Kier alpha value is -1.84. The second kappa shape index (κ2) is 7.43. The Labute approximate surface area is 132 Å². The van der Waals surface area contributed by atoms with Crippen LogP contribution in [0, 0.1) is 18.8 Å². The Bertz CT molecular complexity index is 540. The van der Waals surface area contributed by atoms with E-state index >= 15 is 0 Å². The van der Waals surface area contributed by atoms with E-state index in [-0.39, 0.29) is 17.7 Å². The van der Waals surface area contributed by atoms with Crippen LogP contribution in [0.4, 0.5) is 0 Å². The summed E-state index contributed by atoms with van der Waals surface area (Å²) in [5.74, 6) is 0.554. The van der Waals surface area contributed by atoms with Crippen molar-refractivity contribution in [2.24, 2.45) is 11.8 Å². The first kappa shape index (κ1) is 16.5. The lowest BCUT2D eigenvalue weighted by Crippen LogP contribution is -2.44. The molecule has 1 aromatic carbocycles. The molecule has 1 aliphatic heterocycles. The summed E-state index contributed by atoms with van der Waals surface area (Å²) in [5.41, 5.74) is 1.80. The minimum atomic E-state index is 0.00768. The number of likely N-dealkylation sites (tertiary alicyclic amines) is 1. The van der Waals surface area contributed by atoms with Crippen molar-refractivity contribution in [1.82, 2.24) is 10.2 Å². The van der Waals surface area contributed by atoms with Gasteiger partial charge < -0.3 is 10.2 Å². The van der Waals surface area contributed by atoms with Crippen LogP contribution < -0.4 is 5.32 Å². The number of nitrogens with zero attached hydrogens (tertiary/aromatic N) is 1. The monoisotopic (exact) mass is 302 g/mol. The number of aryl methyl sites for hydroxylation is 1. The number of carbonyl (C=O) groups is 2. The SMILES string of the molecule is Cc1ccccc1C(=O)N1CCC[C@@H](CNC(=O)C(C)C)C1. The topological polar surface area (TPSA) is 49.4 Å². The third-order valence-corrected chi connectivity index (χ3v) is 4.27. The molecule has 1 atom stereocenters. The van der Waals surface area contributed by atoms with Crippen molar-refractivity contribution in [1.29, 1.82) is 0 Å². The molecule has 0 bridgehead atoms. The Morgan fingerprint density at radius 2 is 2.05 bits per heavy atom. The van der Waals surface area contributed by atoms with Crippen LogP contribution in [0.1, 0.15) is 42.6 Å². The molecule has 4 heteroatoms. The molecule has 1 aromatic rings. The van der Waals surface area contributed by atoms with Crippen LogP contribution in [0.3, 0.4) is 0 Å². The molecule has 0 aliphatic carbocycles. The first-order valence-electron chi connectivity index (χ1n) is 8.11. The van der Waals surface area contributed by atoms with Gasteiger partial charge in [-0.15, -0.1) is 0 Å². The van der Waals surface area contributed by atoms with Crippen LogP contribution in [-0.4, -0.2) is 36.3 Å². The third kappa shape index (κ3) is 4.09. The molecule has 0 radical (unpaired) electrons. The molecule has 1 heterocycles. The van der Waals surface area contributed by atoms with E-state index in [1.807, 2.05) is 49.9 Å². The van der Waals surface area contributed by atoms with E-state index in [0.29, 0.717) is 12.5 Å². The van der Waals surface area contributed by atoms with Crippen LogP contribution in [-0.2, 0) is 4.79 Å². The van der Waals surface area contributed by atoms with Crippen LogP contribution in [0.2, 0.25) is 0 Å². The molecule has 2 amide bonds. The molecule has 0 aromatic heterocycles. The smallest absolute Gasteiger partial charge is 0.254 e. The summed E-state index contributed by atoms with van der Waals surface area (Å²) in [6, 6.07) is 7.72. The zero-order valence-corrected chi connectivity index (χ0v) is 13.8. The highest BCUT2D eigenvalue weighted by atomic mass is 16.2. The average Bonchev–Trinajstić information content (AvgIpc) is 2.52. The van der Waals surface area contributed by atoms with E-state index < -0.39 is 0 Å². The Kier molecular flexibility index (Phi) is 5.58. The maximum Gasteiger partial charge on any atom is 0.254 e. The highest BCUT2D eigenvalue weighted by molar-refractivity contribution is 5.95. The fraction of sp³-hybridized carbons (Fsp3) is 0.556. The van der Waals surface area contributed by atoms with Gasteiger partial charge in [0.1, 0.15) is 0 Å². The van der Waals surface area contributed by atoms with Gasteiger partial charge in [0.15, 0.2) is 0 Å². The van der Waals surface area contributed by atoms with Crippen LogP contribution in [0.15, 0.2) is 24.3 Å². The van der Waals surface area contributed by atoms with Crippen LogP contribution in [0.25, 0.3) is 0 Å². The van der Waals surface area contributed by atoms with Gasteiger partial charge in [0, 0.05) is 31.1 Å². The number of rotatable bonds is 4. The van der Waals surface area contributed by atoms with E-state index in [9.17, 15) is 9.59 Å². The van der Waals surface area contributed by atoms with Crippen molar-refractivity contribution in [3.8, 4) is 0 Å². The van der Waals surface area contributed by atoms with Gasteiger partial charge in [0.25, 0.3) is 5.91 Å². The Morgan fingerprint density at radius 1 is 1.32 bits per heavy atom. The summed E-state index contributed by atoms with van der Waals surface area (Å²) >= 11 is 0. The maximum atomic E-state index is 12.7. The third-order valence-electron chi connectivity index (χ3n) is 4.27. The van der Waals surface area contributed by atoms with E-state index in [1.165, 1.54) is 0 Å². The number of hydrogen-bond acceptors (Lipinski definition) is 2. The zero-order chi connectivity index (χ0) is 16.1. The Morgan fingerprint density at radius 3 is 2.73 bits per heavy atom. The minimum Gasteiger partial charge on any atom is -0.356 e. The van der Waals surface area contributed by atoms with Crippen molar-refractivity contribution in [2.45, 2.75) is 33.6 Å². The standard InChI is InChI=1S/C18H26N2O2/c1-13(2)17(21)19-11-15-8-6-10-20(12-15)18(22)16-9-5-4-7-14(16)3/h4-5,7,9,13,15H,6,8,10-12H2,1-3H3,(H,19,21)/t15-/m0/s1. The predicted molar refractivity (Wildman–Crippen MR) is 87.7 cm³/mol. The summed E-state index contributed by atoms with van der Waals surface area (Å²) in [5, 5.41) is 2.99. The second-order valence-corrected chi connectivity index (χ2v) is 6.47. The summed E-state index contributed by atoms with van der Waals surface area (Å²) in [4.78, 5) is 26.3. The Balaban J connectivity index is 1.94. The molecule has 22 heavy (non-hydrogen) atoms. The maximum absolute atomic E-state index is 12.7. The molecule has 0 spiro atoms. The highest BCUT2D eigenvalue weighted by Gasteiger charge is 2.25. The number of amides is 2. The van der Waals surface area contributed by atoms with Gasteiger partial charge in [-0.05, 0) is 37.3 Å². The van der Waals surface area contributed by atoms with Gasteiger partial charge in [0.05, 0.1) is 0 Å². The van der Waals surface area contributed by atoms with Gasteiger partial charge in [0.2, 0.25) is 5.91 Å². The lowest BCUT2D eigenvalue weighted by atomic mass is 9.96. The first-order chi connectivity index (χ1) is 10.5. The first-order valence-corrected chi connectivity index (χ1v) is 8.11. The second-order valence-electron chi connectivity index (χ2n) is 6.47. The fourth-order valence-electron chi connectivity index (χ4n) is 2.85. The van der Waals surface area contributed by atoms with Gasteiger partial charge in [-0.2, -0.15) is 0 Å². The zero-order valence-electron chi connectivity index (χ0n) is 13.8. The van der Waals surface area contributed by atoms with Gasteiger partial charge in [-0.1, -0.05) is 32.0 Å². The van der Waals surface area contributed by atoms with E-state index in [0.717, 1.165) is 37.1 Å². The lowest BCUT2D eigenvalue weighted by Gasteiger charge is -2.33. The van der Waals surface area contributed by atoms with E-state index in [4.69, 9.17) is 0 Å². The lowest BCUT2D eigenvalue weighted by molar-refractivity contribution is -0.124.